The molecule has 3 rings (SSSR count). The van der Waals surface area contributed by atoms with Gasteiger partial charge in [-0.1, -0.05) is 19.1 Å². The Balaban J connectivity index is 1.73. The van der Waals surface area contributed by atoms with Gasteiger partial charge >= 0.3 is 24.5 Å². The molecule has 12 heteroatoms. The minimum atomic E-state index is -4.96. The van der Waals surface area contributed by atoms with Crippen molar-refractivity contribution < 1.29 is 45.4 Å². The highest BCUT2D eigenvalue weighted by molar-refractivity contribution is 5.90. The maximum absolute atomic E-state index is 13.1. The number of nitrogens with one attached hydrogen (secondary N) is 1. The fraction of sp³-hybridized carbons (Fsp3) is 0.462. The summed E-state index contributed by atoms with van der Waals surface area (Å²) in [6.07, 6.45) is -10.7. The first kappa shape index (κ1) is 29.1. The number of nitrogens with zero attached hydrogens (tertiary/aromatic N) is 1. The molecule has 2 atom stereocenters. The van der Waals surface area contributed by atoms with E-state index in [1.165, 1.54) is 4.90 Å². The van der Waals surface area contributed by atoms with E-state index in [2.05, 4.69) is 5.32 Å². The predicted molar refractivity (Wildman–Crippen MR) is 127 cm³/mol. The molecule has 0 aliphatic carbocycles. The summed E-state index contributed by atoms with van der Waals surface area (Å²) in [5.41, 5.74) is -0.940. The van der Waals surface area contributed by atoms with Crippen LogP contribution in [-0.4, -0.2) is 31.4 Å². The maximum atomic E-state index is 13.1. The number of amides is 2. The van der Waals surface area contributed by atoms with Crippen molar-refractivity contribution in [1.29, 1.82) is 0 Å². The van der Waals surface area contributed by atoms with Gasteiger partial charge < -0.3 is 14.8 Å². The average molecular weight is 547 g/mol. The summed E-state index contributed by atoms with van der Waals surface area (Å²) >= 11 is 0. The molecule has 1 heterocycles. The zero-order valence-electron chi connectivity index (χ0n) is 21.0. The molecule has 0 saturated carbocycles. The highest BCUT2D eigenvalue weighted by atomic mass is 19.4. The van der Waals surface area contributed by atoms with Crippen molar-refractivity contribution in [2.45, 2.75) is 64.5 Å². The smallest absolute Gasteiger partial charge is 0.416 e. The standard InChI is InChI=1S/C26H28F6N2O4/c1-4-16-6-7-22-20(13-16)21(10-15(3)34(22)24(36)37-5-2)33-23(35)38-9-8-17-11-18(25(27,28)29)14-19(12-17)26(30,31)32/h6-7,11-15,21H,4-5,8-10H2,1-3H3,(H,33,35)/t15-,21+/m1/s1. The lowest BCUT2D eigenvalue weighted by Crippen LogP contribution is -2.46. The lowest BCUT2D eigenvalue weighted by atomic mass is 9.90. The largest absolute Gasteiger partial charge is 0.449 e. The quantitative estimate of drug-likeness (QED) is 0.394. The van der Waals surface area contributed by atoms with E-state index >= 15 is 0 Å². The molecule has 1 aliphatic rings. The number of aryl methyl sites for hydroxylation is 1. The van der Waals surface area contributed by atoms with Crippen LogP contribution in [0.4, 0.5) is 41.6 Å². The summed E-state index contributed by atoms with van der Waals surface area (Å²) in [7, 11) is 0. The van der Waals surface area contributed by atoms with Crippen LogP contribution < -0.4 is 10.2 Å². The fourth-order valence-corrected chi connectivity index (χ4v) is 4.35. The van der Waals surface area contributed by atoms with Crippen molar-refractivity contribution in [3.8, 4) is 0 Å². The van der Waals surface area contributed by atoms with E-state index in [1.54, 1.807) is 19.9 Å². The van der Waals surface area contributed by atoms with E-state index < -0.39 is 48.3 Å². The van der Waals surface area contributed by atoms with Crippen LogP contribution in [0.5, 0.6) is 0 Å². The second kappa shape index (κ2) is 11.5. The van der Waals surface area contributed by atoms with E-state index in [1.807, 2.05) is 19.1 Å². The number of anilines is 1. The van der Waals surface area contributed by atoms with Crippen LogP contribution in [0.25, 0.3) is 0 Å². The van der Waals surface area contributed by atoms with Gasteiger partial charge in [-0.05, 0) is 67.6 Å². The van der Waals surface area contributed by atoms with Gasteiger partial charge in [0.2, 0.25) is 0 Å². The molecule has 2 aromatic rings. The van der Waals surface area contributed by atoms with Crippen LogP contribution in [0.2, 0.25) is 0 Å². The summed E-state index contributed by atoms with van der Waals surface area (Å²) in [6, 6.07) is 5.86. The van der Waals surface area contributed by atoms with Crippen molar-refractivity contribution in [1.82, 2.24) is 5.32 Å². The Kier molecular flexibility index (Phi) is 8.83. The summed E-state index contributed by atoms with van der Waals surface area (Å²) in [4.78, 5) is 26.6. The van der Waals surface area contributed by atoms with E-state index in [-0.39, 0.29) is 30.7 Å². The monoisotopic (exact) mass is 546 g/mol. The Labute approximate surface area is 215 Å². The number of alkyl carbamates (subject to hydrolysis) is 1. The summed E-state index contributed by atoms with van der Waals surface area (Å²) in [5, 5.41) is 2.71. The van der Waals surface area contributed by atoms with Crippen molar-refractivity contribution in [3.63, 3.8) is 0 Å². The molecule has 0 unspecified atom stereocenters. The third-order valence-electron chi connectivity index (χ3n) is 6.18. The molecular formula is C26H28F6N2O4. The molecule has 0 saturated heterocycles. The summed E-state index contributed by atoms with van der Waals surface area (Å²) in [5.74, 6) is 0. The number of fused-ring (bicyclic) bond motifs is 1. The molecule has 208 valence electrons. The SMILES string of the molecule is CCOC(=O)N1c2ccc(CC)cc2[C@@H](NC(=O)OCCc2cc(C(F)(F)F)cc(C(F)(F)F)c2)C[C@H]1C. The van der Waals surface area contributed by atoms with Crippen LogP contribution >= 0.6 is 0 Å². The molecular weight excluding hydrogens is 518 g/mol. The Hall–Kier alpha value is -3.44. The fourth-order valence-electron chi connectivity index (χ4n) is 4.35. The lowest BCUT2D eigenvalue weighted by molar-refractivity contribution is -0.143. The van der Waals surface area contributed by atoms with Gasteiger partial charge in [0, 0.05) is 12.5 Å². The van der Waals surface area contributed by atoms with Gasteiger partial charge in [-0.15, -0.1) is 0 Å². The number of hydrogen-bond donors (Lipinski definition) is 1. The van der Waals surface area contributed by atoms with Crippen molar-refractivity contribution >= 4 is 17.9 Å². The Morgan fingerprint density at radius 3 is 2.13 bits per heavy atom. The topological polar surface area (TPSA) is 67.9 Å². The van der Waals surface area contributed by atoms with Crippen LogP contribution in [0, 0.1) is 0 Å². The minimum Gasteiger partial charge on any atom is -0.449 e. The van der Waals surface area contributed by atoms with E-state index in [0.717, 1.165) is 5.56 Å². The molecule has 1 N–H and O–H groups in total. The number of alkyl halides is 6. The van der Waals surface area contributed by atoms with Crippen LogP contribution in [0.1, 0.15) is 61.1 Å². The highest BCUT2D eigenvalue weighted by Crippen LogP contribution is 2.39. The number of hydrogen-bond acceptors (Lipinski definition) is 4. The van der Waals surface area contributed by atoms with Gasteiger partial charge in [0.1, 0.15) is 0 Å². The summed E-state index contributed by atoms with van der Waals surface area (Å²) < 4.78 is 88.7. The molecule has 1 aliphatic heterocycles. The molecule has 6 nitrogen and oxygen atoms in total. The van der Waals surface area contributed by atoms with Crippen molar-refractivity contribution in [3.05, 3.63) is 64.2 Å². The first-order valence-corrected chi connectivity index (χ1v) is 12.0. The van der Waals surface area contributed by atoms with Crippen LogP contribution in [-0.2, 0) is 34.7 Å². The molecule has 0 spiro atoms. The van der Waals surface area contributed by atoms with Gasteiger partial charge in [0.15, 0.2) is 0 Å². The number of ether oxygens (including phenoxy) is 2. The first-order chi connectivity index (χ1) is 17.7. The number of carbonyl (C=O) groups excluding carboxylic acids is 2. The van der Waals surface area contributed by atoms with Crippen LogP contribution in [0.3, 0.4) is 0 Å². The second-order valence-corrected chi connectivity index (χ2v) is 8.90. The highest BCUT2D eigenvalue weighted by Gasteiger charge is 2.37. The molecule has 2 amide bonds. The molecule has 0 aromatic heterocycles. The zero-order chi connectivity index (χ0) is 28.3. The van der Waals surface area contributed by atoms with Crippen molar-refractivity contribution in [2.24, 2.45) is 0 Å². The predicted octanol–water partition coefficient (Wildman–Crippen LogP) is 7.05. The van der Waals surface area contributed by atoms with Crippen molar-refractivity contribution in [2.75, 3.05) is 18.1 Å². The first-order valence-electron chi connectivity index (χ1n) is 12.0. The Bertz CT molecular complexity index is 1130. The molecule has 0 fully saturated rings. The maximum Gasteiger partial charge on any atom is 0.416 e. The van der Waals surface area contributed by atoms with Crippen LogP contribution in [0.15, 0.2) is 36.4 Å². The van der Waals surface area contributed by atoms with E-state index in [0.29, 0.717) is 36.2 Å². The molecule has 0 bridgehead atoms. The Morgan fingerprint density at radius 1 is 0.947 bits per heavy atom. The third-order valence-corrected chi connectivity index (χ3v) is 6.18. The number of halogens is 6. The third kappa shape index (κ3) is 6.90. The molecule has 2 aromatic carbocycles. The number of carbonyl (C=O) groups is 2. The van der Waals surface area contributed by atoms with Gasteiger partial charge in [-0.2, -0.15) is 26.3 Å². The van der Waals surface area contributed by atoms with E-state index in [4.69, 9.17) is 9.47 Å². The lowest BCUT2D eigenvalue weighted by Gasteiger charge is -2.38. The number of rotatable bonds is 6. The normalized spacial score (nSPS) is 17.6. The average Bonchev–Trinajstić information content (AvgIpc) is 2.82. The Morgan fingerprint density at radius 2 is 1.58 bits per heavy atom. The van der Waals surface area contributed by atoms with Gasteiger partial charge in [0.05, 0.1) is 36.1 Å². The zero-order valence-corrected chi connectivity index (χ0v) is 21.0. The van der Waals surface area contributed by atoms with Gasteiger partial charge in [-0.25, -0.2) is 9.59 Å². The van der Waals surface area contributed by atoms with Gasteiger partial charge in [0.25, 0.3) is 0 Å². The van der Waals surface area contributed by atoms with E-state index in [9.17, 15) is 35.9 Å². The summed E-state index contributed by atoms with van der Waals surface area (Å²) in [6.45, 7) is 5.18. The van der Waals surface area contributed by atoms with Gasteiger partial charge in [-0.3, -0.25) is 4.90 Å². The minimum absolute atomic E-state index is 0.0445. The number of benzene rings is 2. The molecule has 0 radical (unpaired) electrons. The molecule has 38 heavy (non-hydrogen) atoms. The second-order valence-electron chi connectivity index (χ2n) is 8.90.